The summed E-state index contributed by atoms with van der Waals surface area (Å²) in [6.45, 7) is 4.00. The number of rotatable bonds is 2. The maximum atomic E-state index is 12.5. The summed E-state index contributed by atoms with van der Waals surface area (Å²) in [6.07, 6.45) is 2.10. The van der Waals surface area contributed by atoms with Crippen LogP contribution in [0.1, 0.15) is 34.6 Å². The van der Waals surface area contributed by atoms with Crippen molar-refractivity contribution in [3.05, 3.63) is 50.8 Å². The van der Waals surface area contributed by atoms with Gasteiger partial charge in [-0.25, -0.2) is 4.98 Å². The Bertz CT molecular complexity index is 814. The van der Waals surface area contributed by atoms with Crippen molar-refractivity contribution in [2.45, 2.75) is 31.3 Å². The first-order chi connectivity index (χ1) is 10.5. The fourth-order valence-electron chi connectivity index (χ4n) is 2.85. The van der Waals surface area contributed by atoms with E-state index in [-0.39, 0.29) is 23.8 Å². The highest BCUT2D eigenvalue weighted by molar-refractivity contribution is 7.98. The van der Waals surface area contributed by atoms with Crippen LogP contribution in [0.25, 0.3) is 0 Å². The predicted octanol–water partition coefficient (Wildman–Crippen LogP) is 2.58. The van der Waals surface area contributed by atoms with E-state index in [2.05, 4.69) is 15.3 Å². The van der Waals surface area contributed by atoms with Gasteiger partial charge in [0.1, 0.15) is 5.82 Å². The van der Waals surface area contributed by atoms with Crippen LogP contribution in [0.3, 0.4) is 0 Å². The Morgan fingerprint density at radius 3 is 2.77 bits per heavy atom. The minimum Gasteiger partial charge on any atom is -0.310 e. The van der Waals surface area contributed by atoms with Gasteiger partial charge in [0.15, 0.2) is 5.16 Å². The molecule has 2 heterocycles. The minimum atomic E-state index is -0.254. The van der Waals surface area contributed by atoms with Gasteiger partial charge in [0.05, 0.1) is 5.56 Å². The van der Waals surface area contributed by atoms with Crippen LogP contribution in [-0.2, 0) is 4.79 Å². The number of anilines is 1. The molecule has 0 fully saturated rings. The second kappa shape index (κ2) is 5.61. The van der Waals surface area contributed by atoms with Crippen LogP contribution in [0, 0.1) is 13.8 Å². The summed E-state index contributed by atoms with van der Waals surface area (Å²) in [4.78, 5) is 31.6. The van der Waals surface area contributed by atoms with Crippen LogP contribution in [0.15, 0.2) is 28.2 Å². The number of hydrogen-bond acceptors (Lipinski definition) is 4. The molecule has 1 amide bonds. The molecular weight excluding hydrogens is 298 g/mol. The van der Waals surface area contributed by atoms with Gasteiger partial charge in [-0.1, -0.05) is 35.5 Å². The van der Waals surface area contributed by atoms with Gasteiger partial charge >= 0.3 is 0 Å². The topological polar surface area (TPSA) is 74.8 Å². The number of fused-ring (bicyclic) bond motifs is 1. The maximum absolute atomic E-state index is 12.5. The zero-order valence-corrected chi connectivity index (χ0v) is 13.5. The molecule has 0 aliphatic carbocycles. The lowest BCUT2D eigenvalue weighted by Gasteiger charge is -2.25. The molecule has 22 heavy (non-hydrogen) atoms. The van der Waals surface area contributed by atoms with Gasteiger partial charge < -0.3 is 10.3 Å². The Kier molecular flexibility index (Phi) is 3.78. The number of benzene rings is 1. The Balaban J connectivity index is 2.22. The Morgan fingerprint density at radius 1 is 1.27 bits per heavy atom. The third-order valence-electron chi connectivity index (χ3n) is 3.93. The Labute approximate surface area is 132 Å². The van der Waals surface area contributed by atoms with E-state index >= 15 is 0 Å². The molecule has 0 spiro atoms. The average Bonchev–Trinajstić information content (AvgIpc) is 2.48. The van der Waals surface area contributed by atoms with Gasteiger partial charge in [-0.2, -0.15) is 0 Å². The van der Waals surface area contributed by atoms with Crippen molar-refractivity contribution in [1.82, 2.24) is 9.97 Å². The van der Waals surface area contributed by atoms with E-state index in [4.69, 9.17) is 0 Å². The van der Waals surface area contributed by atoms with E-state index < -0.39 is 0 Å². The molecular formula is C16H17N3O2S. The van der Waals surface area contributed by atoms with Crippen molar-refractivity contribution in [2.75, 3.05) is 11.6 Å². The van der Waals surface area contributed by atoms with E-state index in [0.717, 1.165) is 16.7 Å². The fraction of sp³-hybridized carbons (Fsp3) is 0.312. The van der Waals surface area contributed by atoms with Crippen LogP contribution in [0.5, 0.6) is 0 Å². The molecule has 0 bridgehead atoms. The molecule has 114 valence electrons. The van der Waals surface area contributed by atoms with Crippen molar-refractivity contribution in [3.8, 4) is 0 Å². The number of hydrogen-bond donors (Lipinski definition) is 2. The molecule has 0 saturated carbocycles. The number of aromatic nitrogens is 2. The highest BCUT2D eigenvalue weighted by Gasteiger charge is 2.31. The molecule has 1 unspecified atom stereocenters. The number of carbonyl (C=O) groups excluding carboxylic acids is 1. The zero-order valence-electron chi connectivity index (χ0n) is 12.7. The first-order valence-electron chi connectivity index (χ1n) is 7.05. The fourth-order valence-corrected chi connectivity index (χ4v) is 3.23. The van der Waals surface area contributed by atoms with Crippen LogP contribution >= 0.6 is 11.8 Å². The highest BCUT2D eigenvalue weighted by Crippen LogP contribution is 2.36. The van der Waals surface area contributed by atoms with Gasteiger partial charge in [-0.05, 0) is 31.2 Å². The summed E-state index contributed by atoms with van der Waals surface area (Å²) in [7, 11) is 0. The smallest absolute Gasteiger partial charge is 0.257 e. The van der Waals surface area contributed by atoms with Crippen molar-refractivity contribution in [1.29, 1.82) is 0 Å². The van der Waals surface area contributed by atoms with Crippen molar-refractivity contribution in [3.63, 3.8) is 0 Å². The molecule has 2 N–H and O–H groups in total. The number of nitrogens with zero attached hydrogens (tertiary/aromatic N) is 1. The second-order valence-electron chi connectivity index (χ2n) is 5.50. The second-order valence-corrected chi connectivity index (χ2v) is 6.30. The standard InChI is InChI=1S/C16H17N3O2S/c1-8-4-5-9(2)10(6-8)11-7-12(20)17-14-13(11)15(21)19-16(18-14)22-3/h4-6,11H,7H2,1-3H3,(H2,17,18,19,20,21). The summed E-state index contributed by atoms with van der Waals surface area (Å²) in [6, 6.07) is 6.10. The highest BCUT2D eigenvalue weighted by atomic mass is 32.2. The molecule has 0 radical (unpaired) electrons. The number of amides is 1. The number of aromatic amines is 1. The number of nitrogens with one attached hydrogen (secondary N) is 2. The van der Waals surface area contributed by atoms with E-state index in [1.54, 1.807) is 0 Å². The number of H-pyrrole nitrogens is 1. The number of carbonyl (C=O) groups is 1. The average molecular weight is 315 g/mol. The molecule has 0 saturated heterocycles. The first-order valence-corrected chi connectivity index (χ1v) is 8.27. The summed E-state index contributed by atoms with van der Waals surface area (Å²) < 4.78 is 0. The molecule has 5 nitrogen and oxygen atoms in total. The van der Waals surface area contributed by atoms with Crippen molar-refractivity contribution in [2.24, 2.45) is 0 Å². The molecule has 6 heteroatoms. The summed E-state index contributed by atoms with van der Waals surface area (Å²) in [5, 5.41) is 3.23. The van der Waals surface area contributed by atoms with Gasteiger partial charge in [-0.15, -0.1) is 0 Å². The lowest BCUT2D eigenvalue weighted by atomic mass is 9.84. The van der Waals surface area contributed by atoms with E-state index in [1.165, 1.54) is 11.8 Å². The van der Waals surface area contributed by atoms with Gasteiger partial charge in [0, 0.05) is 12.3 Å². The quantitative estimate of drug-likeness (QED) is 0.660. The molecule has 3 rings (SSSR count). The molecule has 1 aliphatic rings. The molecule has 2 aromatic rings. The Morgan fingerprint density at radius 2 is 2.05 bits per heavy atom. The van der Waals surface area contributed by atoms with E-state index in [1.807, 2.05) is 38.3 Å². The van der Waals surface area contributed by atoms with Crippen LogP contribution in [0.2, 0.25) is 0 Å². The van der Waals surface area contributed by atoms with E-state index in [9.17, 15) is 9.59 Å². The number of aryl methyl sites for hydroxylation is 2. The van der Waals surface area contributed by atoms with E-state index in [0.29, 0.717) is 16.5 Å². The molecule has 1 aromatic carbocycles. The zero-order chi connectivity index (χ0) is 15.9. The SMILES string of the molecule is CSc1nc2c(c(=O)[nH]1)C(c1cc(C)ccc1C)CC(=O)N2. The summed E-state index contributed by atoms with van der Waals surface area (Å²) in [5.41, 5.74) is 3.56. The van der Waals surface area contributed by atoms with Crippen molar-refractivity contribution < 1.29 is 4.79 Å². The Hall–Kier alpha value is -2.08. The minimum absolute atomic E-state index is 0.108. The van der Waals surface area contributed by atoms with Crippen LogP contribution < -0.4 is 10.9 Å². The lowest BCUT2D eigenvalue weighted by Crippen LogP contribution is -2.31. The van der Waals surface area contributed by atoms with Crippen molar-refractivity contribution >= 4 is 23.5 Å². The van der Waals surface area contributed by atoms with Crippen LogP contribution in [-0.4, -0.2) is 22.1 Å². The molecule has 1 aromatic heterocycles. The lowest BCUT2D eigenvalue weighted by molar-refractivity contribution is -0.116. The van der Waals surface area contributed by atoms with Gasteiger partial charge in [0.25, 0.3) is 5.56 Å². The summed E-state index contributed by atoms with van der Waals surface area (Å²) >= 11 is 1.34. The maximum Gasteiger partial charge on any atom is 0.257 e. The predicted molar refractivity (Wildman–Crippen MR) is 87.6 cm³/mol. The van der Waals surface area contributed by atoms with Gasteiger partial charge in [-0.3, -0.25) is 9.59 Å². The normalized spacial score (nSPS) is 17.0. The third kappa shape index (κ3) is 2.54. The third-order valence-corrected chi connectivity index (χ3v) is 4.51. The largest absolute Gasteiger partial charge is 0.310 e. The van der Waals surface area contributed by atoms with Gasteiger partial charge in [0.2, 0.25) is 5.91 Å². The molecule has 1 atom stereocenters. The van der Waals surface area contributed by atoms with Crippen LogP contribution in [0.4, 0.5) is 5.82 Å². The monoisotopic (exact) mass is 315 g/mol. The molecule has 1 aliphatic heterocycles. The summed E-state index contributed by atoms with van der Waals surface area (Å²) in [5.74, 6) is 0.0228. The number of thioether (sulfide) groups is 1. The first kappa shape index (κ1) is 14.8.